The number of aryl methyl sites for hydroxylation is 2. The smallest absolute Gasteiger partial charge is 0.122 e. The van der Waals surface area contributed by atoms with Crippen LogP contribution >= 0.6 is 0 Å². The van der Waals surface area contributed by atoms with Gasteiger partial charge in [0, 0.05) is 44.3 Å². The average Bonchev–Trinajstić information content (AvgIpc) is 2.99. The molecule has 0 unspecified atom stereocenters. The van der Waals surface area contributed by atoms with Gasteiger partial charge >= 0.3 is 0 Å². The second-order valence-electron chi connectivity index (χ2n) is 4.86. The molecule has 0 aliphatic carbocycles. The number of nitrogens with zero attached hydrogens (tertiary/aromatic N) is 5. The topological polar surface area (TPSA) is 38.9 Å². The Kier molecular flexibility index (Phi) is 4.74. The Bertz CT molecular complexity index is 499. The van der Waals surface area contributed by atoms with Crippen LogP contribution in [0.2, 0.25) is 0 Å². The van der Waals surface area contributed by atoms with Gasteiger partial charge < -0.3 is 4.57 Å². The number of imidazole rings is 1. The molecule has 2 rings (SSSR count). The summed E-state index contributed by atoms with van der Waals surface area (Å²) in [4.78, 5) is 6.85. The van der Waals surface area contributed by atoms with E-state index in [9.17, 15) is 0 Å². The van der Waals surface area contributed by atoms with Crippen molar-refractivity contribution in [2.45, 2.75) is 39.9 Å². The maximum atomic E-state index is 4.47. The van der Waals surface area contributed by atoms with Gasteiger partial charge in [-0.3, -0.25) is 9.58 Å². The first-order chi connectivity index (χ1) is 9.22. The highest BCUT2D eigenvalue weighted by molar-refractivity contribution is 5.04. The number of rotatable bonds is 7. The standard InChI is InChI=1S/C14H23N5/c1-4-7-19-8-6-15-14(19)12-18(5-2)11-13-9-16-17(3)10-13/h6,8-10H,4-5,7,11-12H2,1-3H3. The van der Waals surface area contributed by atoms with Crippen LogP contribution in [0.3, 0.4) is 0 Å². The van der Waals surface area contributed by atoms with Crippen molar-refractivity contribution < 1.29 is 0 Å². The molecule has 5 heteroatoms. The highest BCUT2D eigenvalue weighted by Gasteiger charge is 2.10. The van der Waals surface area contributed by atoms with Crippen molar-refractivity contribution in [3.63, 3.8) is 0 Å². The minimum Gasteiger partial charge on any atom is -0.334 e. The third kappa shape index (κ3) is 3.67. The van der Waals surface area contributed by atoms with Gasteiger partial charge in [0.15, 0.2) is 0 Å². The monoisotopic (exact) mass is 261 g/mol. The molecule has 5 nitrogen and oxygen atoms in total. The first-order valence-electron chi connectivity index (χ1n) is 6.92. The molecule has 0 saturated heterocycles. The summed E-state index contributed by atoms with van der Waals surface area (Å²) in [6.45, 7) is 8.23. The van der Waals surface area contributed by atoms with Crippen molar-refractivity contribution >= 4 is 0 Å². The lowest BCUT2D eigenvalue weighted by atomic mass is 10.3. The van der Waals surface area contributed by atoms with Crippen LogP contribution in [0.5, 0.6) is 0 Å². The number of aromatic nitrogens is 4. The minimum absolute atomic E-state index is 0.887. The highest BCUT2D eigenvalue weighted by atomic mass is 15.2. The fourth-order valence-corrected chi connectivity index (χ4v) is 2.23. The number of hydrogen-bond donors (Lipinski definition) is 0. The summed E-state index contributed by atoms with van der Waals surface area (Å²) in [6.07, 6.45) is 9.10. The van der Waals surface area contributed by atoms with Gasteiger partial charge in [-0.1, -0.05) is 13.8 Å². The highest BCUT2D eigenvalue weighted by Crippen LogP contribution is 2.08. The van der Waals surface area contributed by atoms with Crippen LogP contribution in [0.15, 0.2) is 24.8 Å². The van der Waals surface area contributed by atoms with E-state index in [2.05, 4.69) is 45.8 Å². The molecular formula is C14H23N5. The van der Waals surface area contributed by atoms with E-state index >= 15 is 0 Å². The molecule has 0 fully saturated rings. The van der Waals surface area contributed by atoms with Crippen molar-refractivity contribution in [3.8, 4) is 0 Å². The van der Waals surface area contributed by atoms with Crippen LogP contribution in [-0.4, -0.2) is 30.8 Å². The number of hydrogen-bond acceptors (Lipinski definition) is 3. The van der Waals surface area contributed by atoms with E-state index in [4.69, 9.17) is 0 Å². The van der Waals surface area contributed by atoms with Gasteiger partial charge in [0.2, 0.25) is 0 Å². The molecule has 0 spiro atoms. The van der Waals surface area contributed by atoms with E-state index in [0.29, 0.717) is 0 Å². The van der Waals surface area contributed by atoms with Crippen LogP contribution in [0.25, 0.3) is 0 Å². The zero-order valence-corrected chi connectivity index (χ0v) is 12.1. The lowest BCUT2D eigenvalue weighted by molar-refractivity contribution is 0.260. The second-order valence-corrected chi connectivity index (χ2v) is 4.86. The van der Waals surface area contributed by atoms with Gasteiger partial charge in [-0.05, 0) is 13.0 Å². The minimum atomic E-state index is 0.887. The first kappa shape index (κ1) is 13.8. The molecule has 0 bridgehead atoms. The molecule has 0 radical (unpaired) electrons. The van der Waals surface area contributed by atoms with Crippen LogP contribution in [0.4, 0.5) is 0 Å². The molecular weight excluding hydrogens is 238 g/mol. The Morgan fingerprint density at radius 3 is 2.74 bits per heavy atom. The molecule has 0 N–H and O–H groups in total. The second kappa shape index (κ2) is 6.52. The van der Waals surface area contributed by atoms with Crippen molar-refractivity contribution in [3.05, 3.63) is 36.2 Å². The van der Waals surface area contributed by atoms with E-state index in [1.54, 1.807) is 0 Å². The van der Waals surface area contributed by atoms with E-state index in [0.717, 1.165) is 38.4 Å². The normalized spacial score (nSPS) is 11.4. The molecule has 0 amide bonds. The quantitative estimate of drug-likeness (QED) is 0.765. The average molecular weight is 261 g/mol. The molecule has 0 aliphatic heterocycles. The molecule has 0 atom stereocenters. The molecule has 0 aliphatic rings. The Morgan fingerprint density at radius 1 is 1.26 bits per heavy atom. The fourth-order valence-electron chi connectivity index (χ4n) is 2.23. The largest absolute Gasteiger partial charge is 0.334 e. The third-order valence-corrected chi connectivity index (χ3v) is 3.24. The molecule has 2 heterocycles. The fraction of sp³-hybridized carbons (Fsp3) is 0.571. The van der Waals surface area contributed by atoms with Crippen LogP contribution in [0, 0.1) is 0 Å². The van der Waals surface area contributed by atoms with Gasteiger partial charge in [0.05, 0.1) is 12.7 Å². The van der Waals surface area contributed by atoms with Crippen LogP contribution < -0.4 is 0 Å². The molecule has 2 aromatic heterocycles. The third-order valence-electron chi connectivity index (χ3n) is 3.24. The Balaban J connectivity index is 2.00. The molecule has 19 heavy (non-hydrogen) atoms. The van der Waals surface area contributed by atoms with Crippen molar-refractivity contribution in [2.75, 3.05) is 6.54 Å². The van der Waals surface area contributed by atoms with Crippen LogP contribution in [-0.2, 0) is 26.7 Å². The maximum absolute atomic E-state index is 4.47. The van der Waals surface area contributed by atoms with E-state index in [1.807, 2.05) is 24.1 Å². The first-order valence-corrected chi connectivity index (χ1v) is 6.92. The Hall–Kier alpha value is -1.62. The van der Waals surface area contributed by atoms with Crippen LogP contribution in [0.1, 0.15) is 31.7 Å². The molecule has 0 aromatic carbocycles. The van der Waals surface area contributed by atoms with E-state index < -0.39 is 0 Å². The Morgan fingerprint density at radius 2 is 2.11 bits per heavy atom. The SMILES string of the molecule is CCCn1ccnc1CN(CC)Cc1cnn(C)c1. The van der Waals surface area contributed by atoms with E-state index in [-0.39, 0.29) is 0 Å². The summed E-state index contributed by atoms with van der Waals surface area (Å²) in [5.74, 6) is 1.15. The summed E-state index contributed by atoms with van der Waals surface area (Å²) < 4.78 is 4.09. The van der Waals surface area contributed by atoms with Gasteiger partial charge in [-0.25, -0.2) is 4.98 Å². The van der Waals surface area contributed by atoms with Crippen molar-refractivity contribution in [1.29, 1.82) is 0 Å². The molecule has 104 valence electrons. The summed E-state index contributed by atoms with van der Waals surface area (Å²) >= 11 is 0. The zero-order chi connectivity index (χ0) is 13.7. The van der Waals surface area contributed by atoms with Gasteiger partial charge in [-0.15, -0.1) is 0 Å². The molecule has 0 saturated carbocycles. The Labute approximate surface area is 114 Å². The van der Waals surface area contributed by atoms with Crippen molar-refractivity contribution in [2.24, 2.45) is 7.05 Å². The maximum Gasteiger partial charge on any atom is 0.122 e. The predicted octanol–water partition coefficient (Wildman–Crippen LogP) is 2.05. The van der Waals surface area contributed by atoms with Gasteiger partial charge in [0.1, 0.15) is 5.82 Å². The molecule has 2 aromatic rings. The summed E-state index contributed by atoms with van der Waals surface area (Å²) in [7, 11) is 1.95. The van der Waals surface area contributed by atoms with Gasteiger partial charge in [-0.2, -0.15) is 5.10 Å². The van der Waals surface area contributed by atoms with E-state index in [1.165, 1.54) is 5.56 Å². The van der Waals surface area contributed by atoms with Crippen molar-refractivity contribution in [1.82, 2.24) is 24.2 Å². The summed E-state index contributed by atoms with van der Waals surface area (Å²) in [6, 6.07) is 0. The van der Waals surface area contributed by atoms with Gasteiger partial charge in [0.25, 0.3) is 0 Å². The zero-order valence-electron chi connectivity index (χ0n) is 12.1. The lowest BCUT2D eigenvalue weighted by Crippen LogP contribution is -2.24. The summed E-state index contributed by atoms with van der Waals surface area (Å²) in [5, 5.41) is 4.22. The predicted molar refractivity (Wildman–Crippen MR) is 75.5 cm³/mol. The lowest BCUT2D eigenvalue weighted by Gasteiger charge is -2.19. The summed E-state index contributed by atoms with van der Waals surface area (Å²) in [5.41, 5.74) is 1.25.